The Morgan fingerprint density at radius 3 is 2.03 bits per heavy atom. The van der Waals surface area contributed by atoms with Crippen LogP contribution in [0.5, 0.6) is 11.5 Å². The summed E-state index contributed by atoms with van der Waals surface area (Å²) in [5.74, 6) is -2.11. The second-order valence-corrected chi connectivity index (χ2v) is 5.92. The van der Waals surface area contributed by atoms with E-state index in [2.05, 4.69) is 0 Å². The number of phenolic OH excluding ortho intramolecular Hbond substituents is 1. The maximum Gasteiger partial charge on any atom is 0.352 e. The van der Waals surface area contributed by atoms with E-state index in [0.717, 1.165) is 6.08 Å². The molecule has 2 aromatic carbocycles. The van der Waals surface area contributed by atoms with Gasteiger partial charge in [-0.2, -0.15) is 0 Å². The number of esters is 2. The Hall–Kier alpha value is -3.87. The van der Waals surface area contributed by atoms with Crippen molar-refractivity contribution in [3.8, 4) is 11.5 Å². The number of benzene rings is 2. The van der Waals surface area contributed by atoms with E-state index in [9.17, 15) is 19.5 Å². The molecule has 7 nitrogen and oxygen atoms in total. The fraction of sp³-hybridized carbons (Fsp3) is 0.136. The lowest BCUT2D eigenvalue weighted by Gasteiger charge is -2.14. The predicted octanol–water partition coefficient (Wildman–Crippen LogP) is 3.43. The van der Waals surface area contributed by atoms with E-state index in [1.165, 1.54) is 42.5 Å². The third-order valence-electron chi connectivity index (χ3n) is 3.71. The Labute approximate surface area is 167 Å². The molecule has 0 aromatic heterocycles. The average molecular weight is 396 g/mol. The molecule has 2 aromatic rings. The largest absolute Gasteiger partial charge is 0.508 e. The van der Waals surface area contributed by atoms with Gasteiger partial charge >= 0.3 is 17.9 Å². The van der Waals surface area contributed by atoms with E-state index >= 15 is 0 Å². The van der Waals surface area contributed by atoms with Crippen molar-refractivity contribution in [1.29, 1.82) is 0 Å². The van der Waals surface area contributed by atoms with E-state index in [0.29, 0.717) is 11.1 Å². The average Bonchev–Trinajstić information content (AvgIpc) is 2.71. The molecule has 0 saturated heterocycles. The van der Waals surface area contributed by atoms with Crippen LogP contribution in [0.25, 0.3) is 12.2 Å². The lowest BCUT2D eigenvalue weighted by molar-refractivity contribution is -0.158. The summed E-state index contributed by atoms with van der Waals surface area (Å²) in [6, 6.07) is 12.4. The molecule has 2 rings (SSSR count). The highest BCUT2D eigenvalue weighted by atomic mass is 16.6. The third-order valence-corrected chi connectivity index (χ3v) is 3.71. The summed E-state index contributed by atoms with van der Waals surface area (Å²) in [6.07, 6.45) is 4.26. The van der Waals surface area contributed by atoms with Gasteiger partial charge < -0.3 is 19.7 Å². The van der Waals surface area contributed by atoms with Crippen molar-refractivity contribution < 1.29 is 34.1 Å². The normalized spacial score (nSPS) is 12.0. The number of aliphatic carboxylic acids is 1. The van der Waals surface area contributed by atoms with Crippen molar-refractivity contribution in [1.82, 2.24) is 0 Å². The number of carboxylic acid groups (broad SMARTS) is 1. The van der Waals surface area contributed by atoms with Gasteiger partial charge in [0, 0.05) is 12.2 Å². The summed E-state index contributed by atoms with van der Waals surface area (Å²) in [4.78, 5) is 34.7. The minimum Gasteiger partial charge on any atom is -0.508 e. The molecular weight excluding hydrogens is 376 g/mol. The van der Waals surface area contributed by atoms with Gasteiger partial charge in [0.25, 0.3) is 0 Å². The van der Waals surface area contributed by atoms with Gasteiger partial charge in [0.05, 0.1) is 0 Å². The zero-order chi connectivity index (χ0) is 21.2. The van der Waals surface area contributed by atoms with Crippen LogP contribution >= 0.6 is 0 Å². The first kappa shape index (κ1) is 21.4. The zero-order valence-corrected chi connectivity index (χ0v) is 15.6. The summed E-state index contributed by atoms with van der Waals surface area (Å²) < 4.78 is 10.4. The van der Waals surface area contributed by atoms with Crippen LogP contribution in [-0.2, 0) is 19.1 Å². The maximum absolute atomic E-state index is 12.2. The third kappa shape index (κ3) is 7.34. The van der Waals surface area contributed by atoms with Crippen LogP contribution in [0.1, 0.15) is 24.5 Å². The Bertz CT molecular complexity index is 909. The topological polar surface area (TPSA) is 110 Å². The first-order valence-corrected chi connectivity index (χ1v) is 8.78. The molecule has 0 aliphatic carbocycles. The quantitative estimate of drug-likeness (QED) is 0.399. The van der Waals surface area contributed by atoms with E-state index < -0.39 is 24.0 Å². The zero-order valence-electron chi connectivity index (χ0n) is 15.6. The molecular formula is C22H20O7. The van der Waals surface area contributed by atoms with Crippen LogP contribution in [-0.4, -0.2) is 34.2 Å². The molecule has 7 heteroatoms. The smallest absolute Gasteiger partial charge is 0.352 e. The minimum absolute atomic E-state index is 0.115. The molecule has 0 aliphatic heterocycles. The number of carbonyl (C=O) groups excluding carboxylic acids is 2. The van der Waals surface area contributed by atoms with Crippen LogP contribution < -0.4 is 4.74 Å². The van der Waals surface area contributed by atoms with Gasteiger partial charge in [0.1, 0.15) is 11.5 Å². The molecule has 0 fully saturated rings. The molecule has 29 heavy (non-hydrogen) atoms. The number of rotatable bonds is 8. The van der Waals surface area contributed by atoms with Crippen molar-refractivity contribution in [3.05, 3.63) is 71.8 Å². The summed E-state index contributed by atoms with van der Waals surface area (Å²) in [7, 11) is 0. The van der Waals surface area contributed by atoms with Crippen LogP contribution in [0, 0.1) is 0 Å². The Kier molecular flexibility index (Phi) is 7.73. The first-order chi connectivity index (χ1) is 13.9. The Balaban J connectivity index is 1.93. The second-order valence-electron chi connectivity index (χ2n) is 5.92. The Morgan fingerprint density at radius 2 is 1.48 bits per heavy atom. The molecule has 0 saturated carbocycles. The van der Waals surface area contributed by atoms with Crippen LogP contribution in [0.3, 0.4) is 0 Å². The second kappa shape index (κ2) is 10.5. The summed E-state index contributed by atoms with van der Waals surface area (Å²) in [5, 5.41) is 17.8. The van der Waals surface area contributed by atoms with Gasteiger partial charge in [-0.1, -0.05) is 31.2 Å². The Morgan fingerprint density at radius 1 is 0.931 bits per heavy atom. The molecule has 150 valence electrons. The number of phenols is 1. The number of carbonyl (C=O) groups is 3. The van der Waals surface area contributed by atoms with Gasteiger partial charge in [-0.25, -0.2) is 14.4 Å². The molecule has 0 radical (unpaired) electrons. The van der Waals surface area contributed by atoms with Gasteiger partial charge in [-0.15, -0.1) is 0 Å². The van der Waals surface area contributed by atoms with E-state index in [1.807, 2.05) is 0 Å². The van der Waals surface area contributed by atoms with Crippen molar-refractivity contribution >= 4 is 30.1 Å². The molecule has 0 amide bonds. The monoisotopic (exact) mass is 396 g/mol. The van der Waals surface area contributed by atoms with Gasteiger partial charge in [-0.05, 0) is 54.0 Å². The summed E-state index contributed by atoms with van der Waals surface area (Å²) >= 11 is 0. The highest BCUT2D eigenvalue weighted by Crippen LogP contribution is 2.16. The highest BCUT2D eigenvalue weighted by molar-refractivity contribution is 5.89. The van der Waals surface area contributed by atoms with Crippen LogP contribution in [0.15, 0.2) is 60.7 Å². The van der Waals surface area contributed by atoms with Crippen molar-refractivity contribution in [2.75, 3.05) is 0 Å². The van der Waals surface area contributed by atoms with Gasteiger partial charge in [-0.3, -0.25) is 0 Å². The van der Waals surface area contributed by atoms with Crippen LogP contribution in [0.2, 0.25) is 0 Å². The van der Waals surface area contributed by atoms with E-state index in [1.54, 1.807) is 31.2 Å². The van der Waals surface area contributed by atoms with E-state index in [4.69, 9.17) is 14.6 Å². The summed E-state index contributed by atoms with van der Waals surface area (Å²) in [5.41, 5.74) is 1.32. The molecule has 0 heterocycles. The fourth-order valence-electron chi connectivity index (χ4n) is 2.22. The SMILES string of the molecule is CCC(OC(=O)/C=C/c1ccc(O)cc1)C(=O)Oc1ccc(/C=C/C(=O)O)cc1. The highest BCUT2D eigenvalue weighted by Gasteiger charge is 2.22. The van der Waals surface area contributed by atoms with Gasteiger partial charge in [0.2, 0.25) is 0 Å². The van der Waals surface area contributed by atoms with Crippen molar-refractivity contribution in [2.45, 2.75) is 19.4 Å². The number of carboxylic acids is 1. The number of ether oxygens (including phenoxy) is 2. The standard InChI is InChI=1S/C22H20O7/c1-2-19(29-21(26)14-8-15-3-9-17(23)10-4-15)22(27)28-18-11-5-16(6-12-18)7-13-20(24)25/h3-14,19,23H,2H2,1H3,(H,24,25)/b13-7+,14-8+. The van der Waals surface area contributed by atoms with E-state index in [-0.39, 0.29) is 17.9 Å². The number of hydrogen-bond acceptors (Lipinski definition) is 6. The molecule has 0 aliphatic rings. The fourth-order valence-corrected chi connectivity index (χ4v) is 2.22. The lowest BCUT2D eigenvalue weighted by atomic mass is 10.2. The molecule has 1 unspecified atom stereocenters. The summed E-state index contributed by atoms with van der Waals surface area (Å²) in [6.45, 7) is 1.68. The van der Waals surface area contributed by atoms with Gasteiger partial charge in [0.15, 0.2) is 6.10 Å². The van der Waals surface area contributed by atoms with Crippen LogP contribution in [0.4, 0.5) is 0 Å². The first-order valence-electron chi connectivity index (χ1n) is 8.78. The van der Waals surface area contributed by atoms with Crippen molar-refractivity contribution in [3.63, 3.8) is 0 Å². The maximum atomic E-state index is 12.2. The molecule has 0 spiro atoms. The predicted molar refractivity (Wildman–Crippen MR) is 106 cm³/mol. The number of hydrogen-bond donors (Lipinski definition) is 2. The lowest BCUT2D eigenvalue weighted by Crippen LogP contribution is -2.30. The minimum atomic E-state index is -1.07. The molecule has 0 bridgehead atoms. The molecule has 1 atom stereocenters. The molecule has 2 N–H and O–H groups in total. The number of aromatic hydroxyl groups is 1. The van der Waals surface area contributed by atoms with Crippen molar-refractivity contribution in [2.24, 2.45) is 0 Å².